The molecule has 0 aliphatic rings. The first kappa shape index (κ1) is 17.0. The molecule has 0 aliphatic heterocycles. The fourth-order valence-corrected chi connectivity index (χ4v) is 2.32. The number of nitrogens with zero attached hydrogens (tertiary/aromatic N) is 3. The molecule has 7 heteroatoms. The number of aromatic nitrogens is 2. The fraction of sp³-hybridized carbons (Fsp3) is 0.438. The van der Waals surface area contributed by atoms with E-state index in [-0.39, 0.29) is 11.9 Å². The van der Waals surface area contributed by atoms with Gasteiger partial charge in [-0.1, -0.05) is 6.92 Å². The summed E-state index contributed by atoms with van der Waals surface area (Å²) in [6.07, 6.45) is 0.672. The summed E-state index contributed by atoms with van der Waals surface area (Å²) in [6.45, 7) is 4.13. The summed E-state index contributed by atoms with van der Waals surface area (Å²) in [6, 6.07) is 6.95. The van der Waals surface area contributed by atoms with Gasteiger partial charge in [-0.05, 0) is 37.7 Å². The van der Waals surface area contributed by atoms with Crippen LogP contribution in [0, 0.1) is 6.92 Å². The molecule has 1 aromatic carbocycles. The van der Waals surface area contributed by atoms with Crippen molar-refractivity contribution in [2.24, 2.45) is 0 Å². The van der Waals surface area contributed by atoms with Crippen LogP contribution in [0.1, 0.15) is 25.1 Å². The minimum atomic E-state index is -0.288. The van der Waals surface area contributed by atoms with Crippen LogP contribution in [0.15, 0.2) is 28.7 Å². The van der Waals surface area contributed by atoms with E-state index in [1.54, 1.807) is 14.0 Å². The summed E-state index contributed by atoms with van der Waals surface area (Å²) >= 11 is 0. The lowest BCUT2D eigenvalue weighted by Crippen LogP contribution is -2.41. The Morgan fingerprint density at radius 3 is 2.57 bits per heavy atom. The summed E-state index contributed by atoms with van der Waals surface area (Å²) in [5.74, 6) is 1.69. The third-order valence-electron chi connectivity index (χ3n) is 3.53. The molecule has 23 heavy (non-hydrogen) atoms. The van der Waals surface area contributed by atoms with Gasteiger partial charge in [0.1, 0.15) is 5.75 Å². The molecule has 1 amide bonds. The number of aryl methyl sites for hydroxylation is 1. The van der Waals surface area contributed by atoms with Crippen molar-refractivity contribution < 1.29 is 13.9 Å². The van der Waals surface area contributed by atoms with Crippen molar-refractivity contribution in [1.29, 1.82) is 0 Å². The molecular weight excluding hydrogens is 296 g/mol. The third kappa shape index (κ3) is 4.53. The summed E-state index contributed by atoms with van der Waals surface area (Å²) in [5, 5.41) is 10.7. The molecule has 0 radical (unpaired) electrons. The van der Waals surface area contributed by atoms with Crippen LogP contribution in [0.25, 0.3) is 0 Å². The van der Waals surface area contributed by atoms with Gasteiger partial charge in [-0.15, -0.1) is 10.2 Å². The van der Waals surface area contributed by atoms with Crippen molar-refractivity contribution in [2.45, 2.75) is 32.9 Å². The van der Waals surface area contributed by atoms with Gasteiger partial charge < -0.3 is 14.5 Å². The minimum absolute atomic E-state index is 0.0728. The number of carbonyl (C=O) groups excluding carboxylic acids is 1. The molecule has 124 valence electrons. The number of carbonyl (C=O) groups is 1. The SMILES string of the molecule is CC[C@@H](C(=O)Nc1ccc(OC)cc1)N(C)Cc1nnc(C)o1. The molecule has 2 rings (SSSR count). The van der Waals surface area contributed by atoms with E-state index in [1.807, 2.05) is 43.1 Å². The number of methoxy groups -OCH3 is 1. The number of hydrogen-bond donors (Lipinski definition) is 1. The highest BCUT2D eigenvalue weighted by Gasteiger charge is 2.23. The Kier molecular flexibility index (Phi) is 5.70. The lowest BCUT2D eigenvalue weighted by molar-refractivity contribution is -0.121. The van der Waals surface area contributed by atoms with Gasteiger partial charge in [0.25, 0.3) is 0 Å². The Balaban J connectivity index is 1.98. The number of benzene rings is 1. The van der Waals surface area contributed by atoms with Gasteiger partial charge in [-0.3, -0.25) is 9.69 Å². The molecular formula is C16H22N4O3. The number of anilines is 1. The molecule has 1 atom stereocenters. The molecule has 2 aromatic rings. The molecule has 7 nitrogen and oxygen atoms in total. The Hall–Kier alpha value is -2.41. The number of hydrogen-bond acceptors (Lipinski definition) is 6. The van der Waals surface area contributed by atoms with Crippen molar-refractivity contribution in [3.8, 4) is 5.75 Å². The number of rotatable bonds is 7. The van der Waals surface area contributed by atoms with E-state index < -0.39 is 0 Å². The molecule has 0 unspecified atom stereocenters. The molecule has 0 saturated carbocycles. The average molecular weight is 318 g/mol. The van der Waals surface area contributed by atoms with Crippen molar-refractivity contribution in [2.75, 3.05) is 19.5 Å². The van der Waals surface area contributed by atoms with E-state index >= 15 is 0 Å². The zero-order valence-corrected chi connectivity index (χ0v) is 13.9. The fourth-order valence-electron chi connectivity index (χ4n) is 2.32. The maximum absolute atomic E-state index is 12.5. The predicted octanol–water partition coefficient (Wildman–Crippen LogP) is 2.24. The average Bonchev–Trinajstić information content (AvgIpc) is 2.93. The van der Waals surface area contributed by atoms with E-state index in [9.17, 15) is 4.79 Å². The highest BCUT2D eigenvalue weighted by atomic mass is 16.5. The summed E-state index contributed by atoms with van der Waals surface area (Å²) in [5.41, 5.74) is 0.733. The molecule has 0 spiro atoms. The largest absolute Gasteiger partial charge is 0.497 e. The first-order valence-corrected chi connectivity index (χ1v) is 7.47. The zero-order valence-electron chi connectivity index (χ0n) is 13.9. The lowest BCUT2D eigenvalue weighted by atomic mass is 10.1. The smallest absolute Gasteiger partial charge is 0.241 e. The maximum Gasteiger partial charge on any atom is 0.241 e. The second-order valence-corrected chi connectivity index (χ2v) is 5.27. The standard InChI is InChI=1S/C16H22N4O3/c1-5-14(20(3)10-15-19-18-11(2)23-15)16(21)17-12-6-8-13(22-4)9-7-12/h6-9,14H,5,10H2,1-4H3,(H,17,21)/t14-/m0/s1. The van der Waals surface area contributed by atoms with Crippen LogP contribution in [0.2, 0.25) is 0 Å². The Bertz CT molecular complexity index is 639. The van der Waals surface area contributed by atoms with Crippen molar-refractivity contribution in [3.05, 3.63) is 36.0 Å². The van der Waals surface area contributed by atoms with Crippen LogP contribution in [0.3, 0.4) is 0 Å². The highest BCUT2D eigenvalue weighted by Crippen LogP contribution is 2.16. The van der Waals surface area contributed by atoms with Gasteiger partial charge in [0.15, 0.2) is 0 Å². The van der Waals surface area contributed by atoms with Gasteiger partial charge in [-0.2, -0.15) is 0 Å². The Morgan fingerprint density at radius 2 is 2.04 bits per heavy atom. The number of ether oxygens (including phenoxy) is 1. The van der Waals surface area contributed by atoms with Crippen LogP contribution in [0.5, 0.6) is 5.75 Å². The molecule has 1 N–H and O–H groups in total. The van der Waals surface area contributed by atoms with Gasteiger partial charge in [0.05, 0.1) is 19.7 Å². The normalized spacial score (nSPS) is 12.2. The Morgan fingerprint density at radius 1 is 1.35 bits per heavy atom. The van der Waals surface area contributed by atoms with Crippen molar-refractivity contribution in [3.63, 3.8) is 0 Å². The monoisotopic (exact) mass is 318 g/mol. The topological polar surface area (TPSA) is 80.5 Å². The second-order valence-electron chi connectivity index (χ2n) is 5.27. The van der Waals surface area contributed by atoms with Crippen LogP contribution in [-0.2, 0) is 11.3 Å². The van der Waals surface area contributed by atoms with Crippen LogP contribution >= 0.6 is 0 Å². The first-order valence-electron chi connectivity index (χ1n) is 7.47. The lowest BCUT2D eigenvalue weighted by Gasteiger charge is -2.24. The maximum atomic E-state index is 12.5. The third-order valence-corrected chi connectivity index (χ3v) is 3.53. The molecule has 0 aliphatic carbocycles. The molecule has 0 saturated heterocycles. The highest BCUT2D eigenvalue weighted by molar-refractivity contribution is 5.94. The summed E-state index contributed by atoms with van der Waals surface area (Å²) in [4.78, 5) is 14.4. The first-order chi connectivity index (χ1) is 11.0. The molecule has 1 heterocycles. The van der Waals surface area contributed by atoms with Gasteiger partial charge in [0, 0.05) is 12.6 Å². The quantitative estimate of drug-likeness (QED) is 0.843. The number of amides is 1. The molecule has 0 bridgehead atoms. The number of nitrogens with one attached hydrogen (secondary N) is 1. The second kappa shape index (κ2) is 7.73. The minimum Gasteiger partial charge on any atom is -0.497 e. The van der Waals surface area contributed by atoms with Crippen molar-refractivity contribution in [1.82, 2.24) is 15.1 Å². The van der Waals surface area contributed by atoms with E-state index in [0.717, 1.165) is 11.4 Å². The summed E-state index contributed by atoms with van der Waals surface area (Å²) < 4.78 is 10.5. The molecule has 1 aromatic heterocycles. The van der Waals surface area contributed by atoms with Gasteiger partial charge in [0.2, 0.25) is 17.7 Å². The van der Waals surface area contributed by atoms with Crippen LogP contribution in [-0.4, -0.2) is 41.2 Å². The van der Waals surface area contributed by atoms with E-state index in [4.69, 9.17) is 9.15 Å². The van der Waals surface area contributed by atoms with E-state index in [1.165, 1.54) is 0 Å². The predicted molar refractivity (Wildman–Crippen MR) is 86.2 cm³/mol. The van der Waals surface area contributed by atoms with E-state index in [0.29, 0.717) is 24.7 Å². The summed E-state index contributed by atoms with van der Waals surface area (Å²) in [7, 11) is 3.47. The van der Waals surface area contributed by atoms with Crippen molar-refractivity contribution >= 4 is 11.6 Å². The Labute approximate surface area is 135 Å². The van der Waals surface area contributed by atoms with Crippen LogP contribution in [0.4, 0.5) is 5.69 Å². The van der Waals surface area contributed by atoms with Gasteiger partial charge in [-0.25, -0.2) is 0 Å². The van der Waals surface area contributed by atoms with Gasteiger partial charge >= 0.3 is 0 Å². The zero-order chi connectivity index (χ0) is 16.8. The molecule has 0 fully saturated rings. The van der Waals surface area contributed by atoms with Crippen LogP contribution < -0.4 is 10.1 Å². The van der Waals surface area contributed by atoms with E-state index in [2.05, 4.69) is 15.5 Å². The number of likely N-dealkylation sites (N-methyl/N-ethyl adjacent to an activating group) is 1.